The molecule has 0 spiro atoms. The van der Waals surface area contributed by atoms with E-state index in [-0.39, 0.29) is 12.1 Å². The smallest absolute Gasteiger partial charge is 0.211 e. The number of hydrogen-bond acceptors (Lipinski definition) is 2. The molecular formula is C10H8BrF2NO. The number of benzene rings is 1. The Labute approximate surface area is 94.1 Å². The second kappa shape index (κ2) is 5.14. The van der Waals surface area contributed by atoms with Gasteiger partial charge in [0.15, 0.2) is 0 Å². The van der Waals surface area contributed by atoms with Crippen LogP contribution in [0.3, 0.4) is 0 Å². The van der Waals surface area contributed by atoms with Crippen molar-refractivity contribution in [2.45, 2.75) is 12.3 Å². The van der Waals surface area contributed by atoms with Gasteiger partial charge in [0, 0.05) is 16.5 Å². The monoisotopic (exact) mass is 275 g/mol. The number of aliphatic imine (C=N–C) groups is 1. The minimum atomic E-state index is -2.99. The molecule has 0 aliphatic carbocycles. The standard InChI is InChI=1S/C10H8BrF2NO/c11-9-4-2-1-3-8(9)10(12,13)5-6-14-7-15/h1-4H,5-6H2. The zero-order valence-corrected chi connectivity index (χ0v) is 9.30. The largest absolute Gasteiger partial charge is 0.276 e. The predicted molar refractivity (Wildman–Crippen MR) is 55.6 cm³/mol. The molecule has 0 aromatic heterocycles. The van der Waals surface area contributed by atoms with Gasteiger partial charge in [-0.05, 0) is 6.07 Å². The van der Waals surface area contributed by atoms with Crippen LogP contribution in [0.4, 0.5) is 8.78 Å². The first-order valence-electron chi connectivity index (χ1n) is 4.24. The lowest BCUT2D eigenvalue weighted by Gasteiger charge is -2.16. The van der Waals surface area contributed by atoms with Crippen molar-refractivity contribution in [3.05, 3.63) is 34.3 Å². The van der Waals surface area contributed by atoms with E-state index in [1.165, 1.54) is 18.2 Å². The third kappa shape index (κ3) is 3.22. The van der Waals surface area contributed by atoms with E-state index >= 15 is 0 Å². The van der Waals surface area contributed by atoms with Crippen molar-refractivity contribution < 1.29 is 13.6 Å². The van der Waals surface area contributed by atoms with Crippen molar-refractivity contribution in [3.8, 4) is 0 Å². The van der Waals surface area contributed by atoms with Gasteiger partial charge in [-0.3, -0.25) is 0 Å². The molecule has 0 saturated carbocycles. The van der Waals surface area contributed by atoms with Crippen LogP contribution in [0.25, 0.3) is 0 Å². The number of hydrogen-bond donors (Lipinski definition) is 0. The third-order valence-corrected chi connectivity index (χ3v) is 2.56. The normalized spacial score (nSPS) is 10.9. The van der Waals surface area contributed by atoms with Crippen molar-refractivity contribution >= 4 is 22.0 Å². The molecule has 0 saturated heterocycles. The number of isocyanates is 1. The van der Waals surface area contributed by atoms with Crippen LogP contribution in [-0.2, 0) is 10.7 Å². The van der Waals surface area contributed by atoms with Crippen molar-refractivity contribution in [2.75, 3.05) is 6.54 Å². The molecule has 15 heavy (non-hydrogen) atoms. The molecular weight excluding hydrogens is 268 g/mol. The van der Waals surface area contributed by atoms with Gasteiger partial charge >= 0.3 is 0 Å². The zero-order valence-electron chi connectivity index (χ0n) is 7.71. The van der Waals surface area contributed by atoms with Gasteiger partial charge < -0.3 is 0 Å². The van der Waals surface area contributed by atoms with Gasteiger partial charge in [0.1, 0.15) is 0 Å². The number of nitrogens with zero attached hydrogens (tertiary/aromatic N) is 1. The van der Waals surface area contributed by atoms with Gasteiger partial charge in [-0.2, -0.15) is 0 Å². The topological polar surface area (TPSA) is 29.4 Å². The highest BCUT2D eigenvalue weighted by atomic mass is 79.9. The molecule has 0 radical (unpaired) electrons. The summed E-state index contributed by atoms with van der Waals surface area (Å²) in [5.41, 5.74) is -0.0916. The molecule has 0 unspecified atom stereocenters. The van der Waals surface area contributed by atoms with Gasteiger partial charge in [-0.25, -0.2) is 18.6 Å². The fourth-order valence-electron chi connectivity index (χ4n) is 1.13. The number of rotatable bonds is 4. The minimum Gasteiger partial charge on any atom is -0.211 e. The van der Waals surface area contributed by atoms with E-state index in [1.54, 1.807) is 12.1 Å². The van der Waals surface area contributed by atoms with Crippen molar-refractivity contribution in [2.24, 2.45) is 4.99 Å². The molecule has 1 aromatic rings. The lowest BCUT2D eigenvalue weighted by Crippen LogP contribution is -2.15. The third-order valence-electron chi connectivity index (χ3n) is 1.87. The Kier molecular flexibility index (Phi) is 4.12. The second-order valence-corrected chi connectivity index (χ2v) is 3.76. The van der Waals surface area contributed by atoms with E-state index in [0.29, 0.717) is 4.47 Å². The van der Waals surface area contributed by atoms with E-state index in [4.69, 9.17) is 0 Å². The molecule has 80 valence electrons. The Balaban J connectivity index is 2.85. The molecule has 0 amide bonds. The lowest BCUT2D eigenvalue weighted by molar-refractivity contribution is -0.0113. The first-order valence-corrected chi connectivity index (χ1v) is 5.03. The van der Waals surface area contributed by atoms with Crippen molar-refractivity contribution in [1.29, 1.82) is 0 Å². The maximum atomic E-state index is 13.5. The highest BCUT2D eigenvalue weighted by Crippen LogP contribution is 2.36. The van der Waals surface area contributed by atoms with Crippen molar-refractivity contribution in [1.82, 2.24) is 0 Å². The second-order valence-electron chi connectivity index (χ2n) is 2.91. The van der Waals surface area contributed by atoms with E-state index in [2.05, 4.69) is 20.9 Å². The molecule has 1 aromatic carbocycles. The van der Waals surface area contributed by atoms with Gasteiger partial charge in [0.2, 0.25) is 6.08 Å². The maximum Gasteiger partial charge on any atom is 0.276 e. The number of halogens is 3. The molecule has 0 fully saturated rings. The predicted octanol–water partition coefficient (Wildman–Crippen LogP) is 3.27. The van der Waals surface area contributed by atoms with Crippen LogP contribution in [0, 0.1) is 0 Å². The lowest BCUT2D eigenvalue weighted by atomic mass is 10.1. The van der Waals surface area contributed by atoms with Gasteiger partial charge in [-0.1, -0.05) is 34.1 Å². The molecule has 0 N–H and O–H groups in total. The Morgan fingerprint density at radius 3 is 2.67 bits per heavy atom. The average molecular weight is 276 g/mol. The summed E-state index contributed by atoms with van der Waals surface area (Å²) in [5, 5.41) is 0. The summed E-state index contributed by atoms with van der Waals surface area (Å²) in [6.07, 6.45) is 0.741. The molecule has 0 aliphatic rings. The zero-order chi connectivity index (χ0) is 11.3. The molecule has 0 heterocycles. The summed E-state index contributed by atoms with van der Waals surface area (Å²) < 4.78 is 27.4. The van der Waals surface area contributed by atoms with Crippen LogP contribution >= 0.6 is 15.9 Å². The van der Waals surface area contributed by atoms with Crippen LogP contribution in [0.1, 0.15) is 12.0 Å². The highest BCUT2D eigenvalue weighted by molar-refractivity contribution is 9.10. The van der Waals surface area contributed by atoms with Crippen LogP contribution < -0.4 is 0 Å². The summed E-state index contributed by atoms with van der Waals surface area (Å²) >= 11 is 3.05. The van der Waals surface area contributed by atoms with Gasteiger partial charge in [-0.15, -0.1) is 0 Å². The van der Waals surface area contributed by atoms with E-state index < -0.39 is 12.3 Å². The fraction of sp³-hybridized carbons (Fsp3) is 0.300. The fourth-order valence-corrected chi connectivity index (χ4v) is 1.71. The van der Waals surface area contributed by atoms with Gasteiger partial charge in [0.25, 0.3) is 5.92 Å². The summed E-state index contributed by atoms with van der Waals surface area (Å²) in [5.74, 6) is -2.99. The van der Waals surface area contributed by atoms with Gasteiger partial charge in [0.05, 0.1) is 6.54 Å². The minimum absolute atomic E-state index is 0.0916. The first kappa shape index (κ1) is 12.0. The van der Waals surface area contributed by atoms with Crippen LogP contribution in [0.5, 0.6) is 0 Å². The molecule has 0 atom stereocenters. The van der Waals surface area contributed by atoms with E-state index in [1.807, 2.05) is 0 Å². The summed E-state index contributed by atoms with van der Waals surface area (Å²) in [7, 11) is 0. The SMILES string of the molecule is O=C=NCCC(F)(F)c1ccccc1Br. The quantitative estimate of drug-likeness (QED) is 0.613. The Morgan fingerprint density at radius 2 is 2.07 bits per heavy atom. The average Bonchev–Trinajstić information content (AvgIpc) is 2.18. The molecule has 0 bridgehead atoms. The van der Waals surface area contributed by atoms with Crippen LogP contribution in [-0.4, -0.2) is 12.6 Å². The Morgan fingerprint density at radius 1 is 1.40 bits per heavy atom. The summed E-state index contributed by atoms with van der Waals surface area (Å²) in [4.78, 5) is 12.9. The highest BCUT2D eigenvalue weighted by Gasteiger charge is 2.32. The first-order chi connectivity index (χ1) is 7.08. The van der Waals surface area contributed by atoms with Crippen LogP contribution in [0.2, 0.25) is 0 Å². The Bertz CT molecular complexity index is 389. The molecule has 1 rings (SSSR count). The number of carbonyl (C=O) groups excluding carboxylic acids is 1. The Hall–Kier alpha value is -1.06. The maximum absolute atomic E-state index is 13.5. The molecule has 0 aliphatic heterocycles. The number of alkyl halides is 2. The van der Waals surface area contributed by atoms with Crippen LogP contribution in [0.15, 0.2) is 33.7 Å². The molecule has 2 nitrogen and oxygen atoms in total. The molecule has 5 heteroatoms. The summed E-state index contributed by atoms with van der Waals surface area (Å²) in [6.45, 7) is -0.224. The van der Waals surface area contributed by atoms with E-state index in [0.717, 1.165) is 0 Å². The van der Waals surface area contributed by atoms with E-state index in [9.17, 15) is 13.6 Å². The summed E-state index contributed by atoms with van der Waals surface area (Å²) in [6, 6.07) is 6.09. The van der Waals surface area contributed by atoms with Crippen molar-refractivity contribution in [3.63, 3.8) is 0 Å².